The summed E-state index contributed by atoms with van der Waals surface area (Å²) in [7, 11) is 0. The lowest BCUT2D eigenvalue weighted by Crippen LogP contribution is -2.39. The van der Waals surface area contributed by atoms with Crippen LogP contribution in [0.15, 0.2) is 29.1 Å². The predicted octanol–water partition coefficient (Wildman–Crippen LogP) is 2.16. The van der Waals surface area contributed by atoms with Crippen LogP contribution >= 0.6 is 0 Å². The number of nitrogens with zero attached hydrogens (tertiary/aromatic N) is 1. The molecule has 1 heterocycles. The molecule has 0 radical (unpaired) electrons. The first-order chi connectivity index (χ1) is 12.6. The second-order valence-corrected chi connectivity index (χ2v) is 6.74. The fourth-order valence-electron chi connectivity index (χ4n) is 3.32. The minimum atomic E-state index is -0.932. The highest BCUT2D eigenvalue weighted by Crippen LogP contribution is 2.22. The van der Waals surface area contributed by atoms with Crippen molar-refractivity contribution in [3.63, 3.8) is 0 Å². The van der Waals surface area contributed by atoms with Gasteiger partial charge in [0.15, 0.2) is 11.8 Å². The van der Waals surface area contributed by atoms with Crippen LogP contribution in [0, 0.1) is 5.92 Å². The third-order valence-electron chi connectivity index (χ3n) is 4.83. The summed E-state index contributed by atoms with van der Waals surface area (Å²) in [6.07, 6.45) is 4.99. The molecule has 1 aliphatic rings. The molecule has 1 aromatic carbocycles. The third-order valence-corrected chi connectivity index (χ3v) is 4.83. The van der Waals surface area contributed by atoms with Crippen LogP contribution in [0.25, 0.3) is 10.8 Å². The summed E-state index contributed by atoms with van der Waals surface area (Å²) < 4.78 is 5.25. The maximum absolute atomic E-state index is 12.4. The molecule has 1 aliphatic carbocycles. The molecule has 2 N–H and O–H groups in total. The minimum Gasteiger partial charge on any atom is -0.448 e. The van der Waals surface area contributed by atoms with Gasteiger partial charge in [-0.15, -0.1) is 0 Å². The number of carbonyl (C=O) groups is 2. The summed E-state index contributed by atoms with van der Waals surface area (Å²) in [4.78, 5) is 36.4. The van der Waals surface area contributed by atoms with Gasteiger partial charge in [0.1, 0.15) is 0 Å². The average Bonchev–Trinajstić information content (AvgIpc) is 2.67. The van der Waals surface area contributed by atoms with Crippen molar-refractivity contribution in [1.29, 1.82) is 0 Å². The number of nitrogens with one attached hydrogen (secondary N) is 2. The van der Waals surface area contributed by atoms with Gasteiger partial charge in [-0.25, -0.2) is 9.89 Å². The van der Waals surface area contributed by atoms with Crippen LogP contribution < -0.4 is 10.9 Å². The maximum Gasteiger partial charge on any atom is 0.360 e. The Morgan fingerprint density at radius 2 is 1.92 bits per heavy atom. The molecule has 1 fully saturated rings. The van der Waals surface area contributed by atoms with Gasteiger partial charge in [0.2, 0.25) is 0 Å². The van der Waals surface area contributed by atoms with Crippen LogP contribution in [0.5, 0.6) is 0 Å². The van der Waals surface area contributed by atoms with E-state index in [2.05, 4.69) is 15.5 Å². The van der Waals surface area contributed by atoms with Gasteiger partial charge in [0, 0.05) is 11.9 Å². The van der Waals surface area contributed by atoms with E-state index in [4.69, 9.17) is 4.74 Å². The standard InChI is InChI=1S/C19H23N3O4/c1-12(17(23)20-11-13-7-3-2-4-8-13)26-19(25)16-14-9-5-6-10-15(14)18(24)22-21-16/h5-6,9-10,12-13H,2-4,7-8,11H2,1H3,(H,20,23)(H,22,24). The number of rotatable bonds is 5. The van der Waals surface area contributed by atoms with Gasteiger partial charge in [0.05, 0.1) is 5.39 Å². The van der Waals surface area contributed by atoms with Crippen LogP contribution in [0.2, 0.25) is 0 Å². The number of aromatic nitrogens is 2. The minimum absolute atomic E-state index is 0.00729. The molecule has 1 saturated carbocycles. The van der Waals surface area contributed by atoms with Gasteiger partial charge in [-0.2, -0.15) is 5.10 Å². The normalized spacial score (nSPS) is 16.2. The predicted molar refractivity (Wildman–Crippen MR) is 96.8 cm³/mol. The smallest absolute Gasteiger partial charge is 0.360 e. The molecule has 1 amide bonds. The molecule has 1 aromatic heterocycles. The number of hydrogen-bond donors (Lipinski definition) is 2. The molecule has 7 nitrogen and oxygen atoms in total. The number of hydrogen-bond acceptors (Lipinski definition) is 5. The number of aromatic amines is 1. The average molecular weight is 357 g/mol. The SMILES string of the molecule is CC(OC(=O)c1n[nH]c(=O)c2ccccc12)C(=O)NCC1CCCCC1. The van der Waals surface area contributed by atoms with E-state index in [0.29, 0.717) is 23.2 Å². The van der Waals surface area contributed by atoms with Gasteiger partial charge in [-0.05, 0) is 31.7 Å². The summed E-state index contributed by atoms with van der Waals surface area (Å²) in [5.74, 6) is -0.559. The lowest BCUT2D eigenvalue weighted by Gasteiger charge is -2.22. The van der Waals surface area contributed by atoms with Crippen molar-refractivity contribution in [2.45, 2.75) is 45.1 Å². The highest BCUT2D eigenvalue weighted by molar-refractivity contribution is 6.02. The molecule has 1 atom stereocenters. The number of H-pyrrole nitrogens is 1. The number of benzene rings is 1. The lowest BCUT2D eigenvalue weighted by atomic mass is 9.89. The Balaban J connectivity index is 1.63. The van der Waals surface area contributed by atoms with E-state index in [9.17, 15) is 14.4 Å². The Labute approximate surface area is 151 Å². The first-order valence-corrected chi connectivity index (χ1v) is 9.02. The number of amides is 1. The summed E-state index contributed by atoms with van der Waals surface area (Å²) in [5, 5.41) is 9.69. The molecule has 2 aromatic rings. The number of ether oxygens (including phenoxy) is 1. The zero-order valence-corrected chi connectivity index (χ0v) is 14.8. The first kappa shape index (κ1) is 18.1. The molecule has 0 bridgehead atoms. The van der Waals surface area contributed by atoms with Crippen molar-refractivity contribution in [2.24, 2.45) is 5.92 Å². The second-order valence-electron chi connectivity index (χ2n) is 6.74. The quantitative estimate of drug-likeness (QED) is 0.799. The Kier molecular flexibility index (Phi) is 5.65. The summed E-state index contributed by atoms with van der Waals surface area (Å²) in [5.41, 5.74) is -0.387. The molecule has 0 aliphatic heterocycles. The highest BCUT2D eigenvalue weighted by Gasteiger charge is 2.23. The Morgan fingerprint density at radius 3 is 2.65 bits per heavy atom. The van der Waals surface area contributed by atoms with Crippen LogP contribution in [-0.4, -0.2) is 34.7 Å². The van der Waals surface area contributed by atoms with Crippen LogP contribution in [0.4, 0.5) is 0 Å². The number of fused-ring (bicyclic) bond motifs is 1. The molecular weight excluding hydrogens is 334 g/mol. The first-order valence-electron chi connectivity index (χ1n) is 9.02. The van der Waals surface area contributed by atoms with Crippen LogP contribution in [-0.2, 0) is 9.53 Å². The Morgan fingerprint density at radius 1 is 1.23 bits per heavy atom. The van der Waals surface area contributed by atoms with Crippen LogP contribution in [0.3, 0.4) is 0 Å². The van der Waals surface area contributed by atoms with Gasteiger partial charge < -0.3 is 10.1 Å². The lowest BCUT2D eigenvalue weighted by molar-refractivity contribution is -0.129. The Hall–Kier alpha value is -2.70. The largest absolute Gasteiger partial charge is 0.448 e. The van der Waals surface area contributed by atoms with E-state index in [1.54, 1.807) is 24.3 Å². The van der Waals surface area contributed by atoms with Crippen molar-refractivity contribution < 1.29 is 14.3 Å². The van der Waals surface area contributed by atoms with Gasteiger partial charge in [0.25, 0.3) is 11.5 Å². The van der Waals surface area contributed by atoms with Crippen molar-refractivity contribution in [3.8, 4) is 0 Å². The second kappa shape index (κ2) is 8.12. The summed E-state index contributed by atoms with van der Waals surface area (Å²) in [6, 6.07) is 6.64. The molecular formula is C19H23N3O4. The van der Waals surface area contributed by atoms with E-state index in [-0.39, 0.29) is 17.2 Å². The summed E-state index contributed by atoms with van der Waals surface area (Å²) >= 11 is 0. The topological polar surface area (TPSA) is 101 Å². The molecule has 1 unspecified atom stereocenters. The van der Waals surface area contributed by atoms with E-state index in [0.717, 1.165) is 12.8 Å². The van der Waals surface area contributed by atoms with Crippen molar-refractivity contribution in [3.05, 3.63) is 40.3 Å². The van der Waals surface area contributed by atoms with Crippen molar-refractivity contribution in [2.75, 3.05) is 6.54 Å². The molecule has 0 spiro atoms. The molecule has 7 heteroatoms. The highest BCUT2D eigenvalue weighted by atomic mass is 16.5. The zero-order valence-electron chi connectivity index (χ0n) is 14.8. The van der Waals surface area contributed by atoms with Crippen molar-refractivity contribution >= 4 is 22.6 Å². The van der Waals surface area contributed by atoms with E-state index < -0.39 is 12.1 Å². The van der Waals surface area contributed by atoms with E-state index in [1.165, 1.54) is 26.2 Å². The summed E-state index contributed by atoms with van der Waals surface area (Å²) in [6.45, 7) is 2.14. The Bertz CT molecular complexity index is 855. The third kappa shape index (κ3) is 4.09. The van der Waals surface area contributed by atoms with Gasteiger partial charge >= 0.3 is 5.97 Å². The van der Waals surface area contributed by atoms with Gasteiger partial charge in [-0.3, -0.25) is 9.59 Å². The number of carbonyl (C=O) groups excluding carboxylic acids is 2. The fraction of sp³-hybridized carbons (Fsp3) is 0.474. The molecule has 0 saturated heterocycles. The van der Waals surface area contributed by atoms with Gasteiger partial charge in [-0.1, -0.05) is 37.5 Å². The molecule has 26 heavy (non-hydrogen) atoms. The fourth-order valence-corrected chi connectivity index (χ4v) is 3.32. The van der Waals surface area contributed by atoms with E-state index >= 15 is 0 Å². The zero-order chi connectivity index (χ0) is 18.5. The van der Waals surface area contributed by atoms with Crippen LogP contribution in [0.1, 0.15) is 49.5 Å². The van der Waals surface area contributed by atoms with Crippen molar-refractivity contribution in [1.82, 2.24) is 15.5 Å². The monoisotopic (exact) mass is 357 g/mol. The maximum atomic E-state index is 12.4. The molecule has 3 rings (SSSR count). The molecule has 138 valence electrons. The van der Waals surface area contributed by atoms with E-state index in [1.807, 2.05) is 0 Å². The number of esters is 1.